The van der Waals surface area contributed by atoms with Gasteiger partial charge in [-0.3, -0.25) is 24.1 Å². The van der Waals surface area contributed by atoms with Gasteiger partial charge in [0.15, 0.2) is 17.2 Å². The minimum absolute atomic E-state index is 0.0604. The average molecular weight is 674 g/mol. The number of amides is 3. The zero-order valence-corrected chi connectivity index (χ0v) is 28.5. The van der Waals surface area contributed by atoms with Crippen molar-refractivity contribution in [1.82, 2.24) is 26.0 Å². The normalized spacial score (nSPS) is 19.4. The largest absolute Gasteiger partial charge is 0.379 e. The molecule has 1 aromatic heterocycles. The summed E-state index contributed by atoms with van der Waals surface area (Å²) in [7, 11) is 0. The maximum Gasteiger partial charge on any atom is 0.274 e. The Hall–Kier alpha value is -4.39. The molecule has 2 saturated heterocycles. The standard InChI is InChI=1S/C37H47N5O7/c1-25(2)20-30(33(43)37(3)24-48-37)39-35(45)31(21-27-12-8-5-9-13-27)40-34(44)29(15-14-26-10-6-4-7-11-26)38-36(46)32-22-28(49-41-32)23-42-16-18-47-19-17-42/h4-13,22,25,29-31H,14-21,23-24H2,1-3H3,(H,38,46)(H,39,45)(H,40,44)/t29-,30-,31-,37+/m0/s1. The molecule has 0 spiro atoms. The smallest absolute Gasteiger partial charge is 0.274 e. The second kappa shape index (κ2) is 16.8. The molecule has 3 heterocycles. The lowest BCUT2D eigenvalue weighted by Crippen LogP contribution is -2.57. The van der Waals surface area contributed by atoms with Crippen LogP contribution in [0.5, 0.6) is 0 Å². The van der Waals surface area contributed by atoms with Crippen molar-refractivity contribution in [2.75, 3.05) is 32.9 Å². The van der Waals surface area contributed by atoms with E-state index in [1.54, 1.807) is 13.0 Å². The Morgan fingerprint density at radius 3 is 2.10 bits per heavy atom. The third-order valence-corrected chi connectivity index (χ3v) is 8.82. The fourth-order valence-corrected chi connectivity index (χ4v) is 5.86. The van der Waals surface area contributed by atoms with Crippen LogP contribution in [0, 0.1) is 5.92 Å². The second-order valence-electron chi connectivity index (χ2n) is 13.4. The van der Waals surface area contributed by atoms with Crippen molar-refractivity contribution in [2.24, 2.45) is 5.92 Å². The average Bonchev–Trinajstić information content (AvgIpc) is 3.68. The first-order chi connectivity index (χ1) is 23.6. The molecule has 0 unspecified atom stereocenters. The molecule has 2 aliphatic rings. The van der Waals surface area contributed by atoms with Gasteiger partial charge in [0.05, 0.1) is 32.4 Å². The number of epoxide rings is 1. The monoisotopic (exact) mass is 673 g/mol. The molecule has 5 rings (SSSR count). The van der Waals surface area contributed by atoms with E-state index in [1.807, 2.05) is 74.5 Å². The zero-order valence-electron chi connectivity index (χ0n) is 28.5. The van der Waals surface area contributed by atoms with E-state index in [2.05, 4.69) is 26.0 Å². The van der Waals surface area contributed by atoms with Crippen LogP contribution in [-0.4, -0.2) is 90.2 Å². The van der Waals surface area contributed by atoms with E-state index in [0.29, 0.717) is 45.0 Å². The Morgan fingerprint density at radius 2 is 1.47 bits per heavy atom. The first-order valence-electron chi connectivity index (χ1n) is 17.0. The fourth-order valence-electron chi connectivity index (χ4n) is 5.86. The molecule has 3 N–H and O–H groups in total. The maximum absolute atomic E-state index is 14.0. The number of nitrogens with zero attached hydrogens (tertiary/aromatic N) is 2. The van der Waals surface area contributed by atoms with E-state index in [1.165, 1.54) is 0 Å². The van der Waals surface area contributed by atoms with E-state index in [0.717, 1.165) is 24.2 Å². The molecule has 0 bridgehead atoms. The Morgan fingerprint density at radius 1 is 0.857 bits per heavy atom. The molecule has 4 atom stereocenters. The minimum atomic E-state index is -1.02. The van der Waals surface area contributed by atoms with Gasteiger partial charge in [0.1, 0.15) is 17.7 Å². The highest BCUT2D eigenvalue weighted by Crippen LogP contribution is 2.29. The highest BCUT2D eigenvalue weighted by atomic mass is 16.6. The third kappa shape index (κ3) is 10.5. The number of ketones is 1. The number of benzene rings is 2. The van der Waals surface area contributed by atoms with Crippen LogP contribution in [0.3, 0.4) is 0 Å². The summed E-state index contributed by atoms with van der Waals surface area (Å²) in [6, 6.07) is 17.8. The third-order valence-electron chi connectivity index (χ3n) is 8.82. The molecule has 3 amide bonds. The summed E-state index contributed by atoms with van der Waals surface area (Å²) < 4.78 is 16.3. The lowest BCUT2D eigenvalue weighted by atomic mass is 9.93. The van der Waals surface area contributed by atoms with Crippen molar-refractivity contribution in [3.8, 4) is 0 Å². The SMILES string of the molecule is CC(C)C[C@H](NC(=O)[C@H](Cc1ccccc1)NC(=O)[C@H](CCc1ccccc1)NC(=O)c1cc(CN2CCOCC2)on1)C(=O)[C@@]1(C)CO1. The molecule has 12 nitrogen and oxygen atoms in total. The van der Waals surface area contributed by atoms with E-state index in [9.17, 15) is 19.2 Å². The molecule has 2 aromatic carbocycles. The van der Waals surface area contributed by atoms with Crippen molar-refractivity contribution < 1.29 is 33.2 Å². The van der Waals surface area contributed by atoms with Crippen LogP contribution >= 0.6 is 0 Å². The Labute approximate surface area is 287 Å². The predicted molar refractivity (Wildman–Crippen MR) is 181 cm³/mol. The molecule has 0 aliphatic carbocycles. The minimum Gasteiger partial charge on any atom is -0.379 e. The molecular formula is C37H47N5O7. The van der Waals surface area contributed by atoms with Gasteiger partial charge >= 0.3 is 0 Å². The van der Waals surface area contributed by atoms with Crippen LogP contribution in [0.2, 0.25) is 0 Å². The Kier molecular flexibility index (Phi) is 12.3. The molecule has 49 heavy (non-hydrogen) atoms. The number of morpholine rings is 1. The van der Waals surface area contributed by atoms with E-state index in [4.69, 9.17) is 14.0 Å². The Balaban J connectivity index is 1.32. The van der Waals surface area contributed by atoms with Crippen LogP contribution in [0.25, 0.3) is 0 Å². The lowest BCUT2D eigenvalue weighted by Gasteiger charge is -2.26. The second-order valence-corrected chi connectivity index (χ2v) is 13.4. The molecule has 0 radical (unpaired) electrons. The fraction of sp³-hybridized carbons (Fsp3) is 0.486. The number of ether oxygens (including phenoxy) is 2. The molecule has 262 valence electrons. The molecule has 2 aliphatic heterocycles. The van der Waals surface area contributed by atoms with E-state index in [-0.39, 0.29) is 30.2 Å². The topological polar surface area (TPSA) is 155 Å². The van der Waals surface area contributed by atoms with Crippen LogP contribution in [0.4, 0.5) is 0 Å². The van der Waals surface area contributed by atoms with Crippen molar-refractivity contribution in [3.05, 3.63) is 89.3 Å². The number of rotatable bonds is 17. The number of carbonyl (C=O) groups is 4. The van der Waals surface area contributed by atoms with Gasteiger partial charge in [0.2, 0.25) is 11.8 Å². The first kappa shape index (κ1) is 35.9. The summed E-state index contributed by atoms with van der Waals surface area (Å²) in [5.74, 6) is -1.10. The highest BCUT2D eigenvalue weighted by molar-refractivity contribution is 5.99. The number of Topliss-reactive ketones (excluding diaryl/α,β-unsaturated/α-hetero) is 1. The van der Waals surface area contributed by atoms with Crippen molar-refractivity contribution in [3.63, 3.8) is 0 Å². The van der Waals surface area contributed by atoms with Crippen molar-refractivity contribution in [1.29, 1.82) is 0 Å². The number of nitrogens with one attached hydrogen (secondary N) is 3. The van der Waals surface area contributed by atoms with Gasteiger partial charge in [0.25, 0.3) is 5.91 Å². The van der Waals surface area contributed by atoms with Crippen LogP contribution < -0.4 is 16.0 Å². The van der Waals surface area contributed by atoms with E-state index >= 15 is 0 Å². The van der Waals surface area contributed by atoms with Crippen LogP contribution in [-0.2, 0) is 43.2 Å². The molecular weight excluding hydrogens is 626 g/mol. The lowest BCUT2D eigenvalue weighted by molar-refractivity contribution is -0.133. The van der Waals surface area contributed by atoms with Crippen molar-refractivity contribution >= 4 is 23.5 Å². The molecule has 12 heteroatoms. The number of hydrogen-bond acceptors (Lipinski definition) is 9. The van der Waals surface area contributed by atoms with Crippen LogP contribution in [0.15, 0.2) is 71.3 Å². The summed E-state index contributed by atoms with van der Waals surface area (Å²) in [5.41, 5.74) is 0.965. The first-order valence-corrected chi connectivity index (χ1v) is 17.0. The summed E-state index contributed by atoms with van der Waals surface area (Å²) >= 11 is 0. The summed E-state index contributed by atoms with van der Waals surface area (Å²) in [6.07, 6.45) is 1.38. The van der Waals surface area contributed by atoms with E-state index < -0.39 is 41.4 Å². The highest BCUT2D eigenvalue weighted by Gasteiger charge is 2.50. The maximum atomic E-state index is 14.0. The molecule has 3 aromatic rings. The predicted octanol–water partition coefficient (Wildman–Crippen LogP) is 2.85. The summed E-state index contributed by atoms with van der Waals surface area (Å²) in [6.45, 7) is 9.24. The number of aromatic nitrogens is 1. The van der Waals surface area contributed by atoms with Gasteiger partial charge in [-0.05, 0) is 43.2 Å². The van der Waals surface area contributed by atoms with Gasteiger partial charge in [-0.2, -0.15) is 0 Å². The van der Waals surface area contributed by atoms with Gasteiger partial charge in [-0.15, -0.1) is 0 Å². The summed E-state index contributed by atoms with van der Waals surface area (Å²) in [5, 5.41) is 12.6. The van der Waals surface area contributed by atoms with Gasteiger partial charge in [-0.25, -0.2) is 0 Å². The number of hydrogen-bond donors (Lipinski definition) is 3. The van der Waals surface area contributed by atoms with Gasteiger partial charge < -0.3 is 29.9 Å². The number of aryl methyl sites for hydroxylation is 1. The van der Waals surface area contributed by atoms with Gasteiger partial charge in [0, 0.05) is 25.6 Å². The zero-order chi connectivity index (χ0) is 34.8. The van der Waals surface area contributed by atoms with Gasteiger partial charge in [-0.1, -0.05) is 79.7 Å². The molecule has 2 fully saturated rings. The van der Waals surface area contributed by atoms with Crippen LogP contribution in [0.1, 0.15) is 61.0 Å². The summed E-state index contributed by atoms with van der Waals surface area (Å²) in [4.78, 5) is 56.8. The van der Waals surface area contributed by atoms with Crippen molar-refractivity contribution in [2.45, 2.75) is 76.7 Å². The molecule has 0 saturated carbocycles. The quantitative estimate of drug-likeness (QED) is 0.184. The Bertz CT molecular complexity index is 1550. The number of carbonyl (C=O) groups excluding carboxylic acids is 4.